The van der Waals surface area contributed by atoms with E-state index >= 15 is 0 Å². The zero-order valence-corrected chi connectivity index (χ0v) is 9.38. The Morgan fingerprint density at radius 3 is 2.64 bits per heavy atom. The maximum atomic E-state index is 10.8. The van der Waals surface area contributed by atoms with Crippen LogP contribution in [-0.4, -0.2) is 18.2 Å². The van der Waals surface area contributed by atoms with Crippen molar-refractivity contribution in [2.24, 2.45) is 0 Å². The molecule has 0 atom stereocenters. The standard InChI is InChI=1S/C9H10BrNO3/c1-4-6(11)3-5(9(12)13)7(10)8(4)14-2/h3H,11H2,1-2H3,(H,12,13). The lowest BCUT2D eigenvalue weighted by molar-refractivity contribution is 0.0695. The molecule has 76 valence electrons. The average Bonchev–Trinajstić information content (AvgIpc) is 2.12. The number of rotatable bonds is 2. The molecule has 1 aromatic rings. The molecule has 0 unspecified atom stereocenters. The fourth-order valence-corrected chi connectivity index (χ4v) is 1.89. The number of carboxylic acids is 1. The zero-order valence-electron chi connectivity index (χ0n) is 7.80. The number of benzene rings is 1. The van der Waals surface area contributed by atoms with Gasteiger partial charge in [0.25, 0.3) is 0 Å². The van der Waals surface area contributed by atoms with E-state index in [1.165, 1.54) is 13.2 Å². The lowest BCUT2D eigenvalue weighted by atomic mass is 10.1. The Balaban J connectivity index is 3.50. The van der Waals surface area contributed by atoms with Crippen LogP contribution in [0, 0.1) is 6.92 Å². The van der Waals surface area contributed by atoms with E-state index in [1.807, 2.05) is 0 Å². The summed E-state index contributed by atoms with van der Waals surface area (Å²) in [5.41, 5.74) is 6.87. The number of halogens is 1. The van der Waals surface area contributed by atoms with Crippen molar-refractivity contribution in [1.82, 2.24) is 0 Å². The monoisotopic (exact) mass is 259 g/mol. The summed E-state index contributed by atoms with van der Waals surface area (Å²) in [7, 11) is 1.47. The normalized spacial score (nSPS) is 9.93. The average molecular weight is 260 g/mol. The predicted molar refractivity (Wildman–Crippen MR) is 56.8 cm³/mol. The SMILES string of the molecule is COc1c(C)c(N)cc(C(=O)O)c1Br. The summed E-state index contributed by atoms with van der Waals surface area (Å²) in [6.45, 7) is 1.77. The molecule has 1 rings (SSSR count). The number of carboxylic acid groups (broad SMARTS) is 1. The smallest absolute Gasteiger partial charge is 0.337 e. The van der Waals surface area contributed by atoms with Crippen molar-refractivity contribution in [2.45, 2.75) is 6.92 Å². The van der Waals surface area contributed by atoms with Gasteiger partial charge in [-0.2, -0.15) is 0 Å². The number of hydrogen-bond acceptors (Lipinski definition) is 3. The lowest BCUT2D eigenvalue weighted by Gasteiger charge is -2.11. The molecule has 0 saturated carbocycles. The van der Waals surface area contributed by atoms with Gasteiger partial charge in [-0.25, -0.2) is 4.79 Å². The van der Waals surface area contributed by atoms with Gasteiger partial charge in [0.05, 0.1) is 17.1 Å². The second kappa shape index (κ2) is 3.88. The molecule has 14 heavy (non-hydrogen) atoms. The van der Waals surface area contributed by atoms with Gasteiger partial charge >= 0.3 is 5.97 Å². The van der Waals surface area contributed by atoms with Gasteiger partial charge in [-0.3, -0.25) is 0 Å². The summed E-state index contributed by atoms with van der Waals surface area (Å²) < 4.78 is 5.47. The first kappa shape index (κ1) is 10.8. The summed E-state index contributed by atoms with van der Waals surface area (Å²) in [5.74, 6) is -0.579. The Morgan fingerprint density at radius 2 is 2.21 bits per heavy atom. The fourth-order valence-electron chi connectivity index (χ4n) is 1.14. The molecule has 0 aliphatic carbocycles. The quantitative estimate of drug-likeness (QED) is 0.798. The topological polar surface area (TPSA) is 72.5 Å². The third-order valence-electron chi connectivity index (χ3n) is 1.94. The summed E-state index contributed by atoms with van der Waals surface area (Å²) in [6, 6.07) is 1.41. The number of hydrogen-bond donors (Lipinski definition) is 2. The van der Waals surface area contributed by atoms with Crippen molar-refractivity contribution >= 4 is 27.6 Å². The molecule has 1 aromatic carbocycles. The van der Waals surface area contributed by atoms with Crippen LogP contribution in [0.5, 0.6) is 5.75 Å². The van der Waals surface area contributed by atoms with Crippen molar-refractivity contribution in [3.8, 4) is 5.75 Å². The molecule has 0 spiro atoms. The van der Waals surface area contributed by atoms with E-state index in [4.69, 9.17) is 15.6 Å². The Hall–Kier alpha value is -1.23. The summed E-state index contributed by atoms with van der Waals surface area (Å²) in [4.78, 5) is 10.8. The van der Waals surface area contributed by atoms with Crippen LogP contribution in [0.15, 0.2) is 10.5 Å². The summed E-state index contributed by atoms with van der Waals surface area (Å²) in [5, 5.41) is 8.86. The van der Waals surface area contributed by atoms with Crippen molar-refractivity contribution in [2.75, 3.05) is 12.8 Å². The van der Waals surface area contributed by atoms with Gasteiger partial charge in [-0.15, -0.1) is 0 Å². The Bertz CT molecular complexity index is 390. The highest BCUT2D eigenvalue weighted by Crippen LogP contribution is 2.35. The van der Waals surface area contributed by atoms with Crippen LogP contribution < -0.4 is 10.5 Å². The van der Waals surface area contributed by atoms with E-state index in [1.54, 1.807) is 6.92 Å². The molecule has 0 fully saturated rings. The minimum atomic E-state index is -1.04. The van der Waals surface area contributed by atoms with Crippen LogP contribution in [0.3, 0.4) is 0 Å². The predicted octanol–water partition coefficient (Wildman–Crippen LogP) is 2.05. The lowest BCUT2D eigenvalue weighted by Crippen LogP contribution is -2.03. The third-order valence-corrected chi connectivity index (χ3v) is 2.73. The van der Waals surface area contributed by atoms with Gasteiger partial charge < -0.3 is 15.6 Å². The molecule has 0 heterocycles. The summed E-state index contributed by atoms with van der Waals surface area (Å²) in [6.07, 6.45) is 0. The molecule has 0 aliphatic heterocycles. The molecular weight excluding hydrogens is 250 g/mol. The van der Waals surface area contributed by atoms with Crippen LogP contribution in [0.2, 0.25) is 0 Å². The van der Waals surface area contributed by atoms with Gasteiger partial charge in [0, 0.05) is 11.3 Å². The van der Waals surface area contributed by atoms with Gasteiger partial charge in [0.1, 0.15) is 5.75 Å². The van der Waals surface area contributed by atoms with E-state index in [0.29, 0.717) is 15.9 Å². The number of nitrogens with two attached hydrogens (primary N) is 1. The van der Waals surface area contributed by atoms with Crippen LogP contribution in [0.1, 0.15) is 15.9 Å². The number of nitrogen functional groups attached to an aromatic ring is 1. The number of carbonyl (C=O) groups is 1. The first-order chi connectivity index (χ1) is 6.49. The van der Waals surface area contributed by atoms with Gasteiger partial charge in [0.2, 0.25) is 0 Å². The van der Waals surface area contributed by atoms with Gasteiger partial charge in [0.15, 0.2) is 0 Å². The second-order valence-corrected chi connectivity index (χ2v) is 3.58. The maximum absolute atomic E-state index is 10.8. The molecular formula is C9H10BrNO3. The molecule has 3 N–H and O–H groups in total. The molecule has 0 bridgehead atoms. The van der Waals surface area contributed by atoms with Gasteiger partial charge in [-0.05, 0) is 28.9 Å². The Labute approximate surface area is 89.8 Å². The van der Waals surface area contributed by atoms with Crippen LogP contribution in [-0.2, 0) is 0 Å². The number of ether oxygens (including phenoxy) is 1. The summed E-state index contributed by atoms with van der Waals surface area (Å²) >= 11 is 3.17. The molecule has 0 saturated heterocycles. The third kappa shape index (κ3) is 1.68. The van der Waals surface area contributed by atoms with Crippen molar-refractivity contribution in [1.29, 1.82) is 0 Å². The highest BCUT2D eigenvalue weighted by molar-refractivity contribution is 9.10. The number of methoxy groups -OCH3 is 1. The fraction of sp³-hybridized carbons (Fsp3) is 0.222. The number of anilines is 1. The largest absolute Gasteiger partial charge is 0.495 e. The van der Waals surface area contributed by atoms with E-state index in [0.717, 1.165) is 5.56 Å². The Morgan fingerprint density at radius 1 is 1.64 bits per heavy atom. The van der Waals surface area contributed by atoms with Crippen molar-refractivity contribution in [3.63, 3.8) is 0 Å². The zero-order chi connectivity index (χ0) is 10.9. The van der Waals surface area contributed by atoms with Crippen molar-refractivity contribution < 1.29 is 14.6 Å². The highest BCUT2D eigenvalue weighted by Gasteiger charge is 2.17. The minimum absolute atomic E-state index is 0.102. The Kier molecular flexibility index (Phi) is 3.00. The molecule has 0 radical (unpaired) electrons. The molecule has 5 heteroatoms. The number of aromatic carboxylic acids is 1. The van der Waals surface area contributed by atoms with Crippen molar-refractivity contribution in [3.05, 3.63) is 21.7 Å². The van der Waals surface area contributed by atoms with Gasteiger partial charge in [-0.1, -0.05) is 0 Å². The molecule has 0 aliphatic rings. The molecule has 4 nitrogen and oxygen atoms in total. The highest BCUT2D eigenvalue weighted by atomic mass is 79.9. The maximum Gasteiger partial charge on any atom is 0.337 e. The second-order valence-electron chi connectivity index (χ2n) is 2.79. The van der Waals surface area contributed by atoms with E-state index < -0.39 is 5.97 Å². The first-order valence-electron chi connectivity index (χ1n) is 3.85. The molecule has 0 aromatic heterocycles. The van der Waals surface area contributed by atoms with Crippen LogP contribution in [0.4, 0.5) is 5.69 Å². The first-order valence-corrected chi connectivity index (χ1v) is 4.64. The van der Waals surface area contributed by atoms with E-state index in [-0.39, 0.29) is 5.56 Å². The van der Waals surface area contributed by atoms with E-state index in [2.05, 4.69) is 15.9 Å². The molecule has 0 amide bonds. The van der Waals surface area contributed by atoms with Crippen LogP contribution in [0.25, 0.3) is 0 Å². The van der Waals surface area contributed by atoms with E-state index in [9.17, 15) is 4.79 Å². The minimum Gasteiger partial charge on any atom is -0.495 e. The van der Waals surface area contributed by atoms with Crippen LogP contribution >= 0.6 is 15.9 Å².